The van der Waals surface area contributed by atoms with E-state index in [1.54, 1.807) is 6.08 Å². The third-order valence-electron chi connectivity index (χ3n) is 6.10. The average molecular weight is 520 g/mol. The maximum Gasteiger partial charge on any atom is 0.279 e. The molecule has 4 aromatic rings. The molecule has 6 nitrogen and oxygen atoms in total. The largest absolute Gasteiger partial charge is 0.312 e. The number of hydrogen-bond donors (Lipinski definition) is 0. The molecule has 0 radical (unpaired) electrons. The molecule has 186 valence electrons. The Kier molecular flexibility index (Phi) is 7.68. The highest BCUT2D eigenvalue weighted by Crippen LogP contribution is 2.23. The molecule has 1 amide bonds. The maximum absolute atomic E-state index is 13.2. The number of aromatic nitrogens is 1. The number of sulfonamides is 1. The van der Waals surface area contributed by atoms with Crippen molar-refractivity contribution in [3.63, 3.8) is 0 Å². The van der Waals surface area contributed by atoms with Gasteiger partial charge in [-0.2, -0.15) is 9.30 Å². The van der Waals surface area contributed by atoms with Crippen LogP contribution in [0, 0.1) is 13.8 Å². The van der Waals surface area contributed by atoms with Crippen LogP contribution in [0.3, 0.4) is 0 Å². The van der Waals surface area contributed by atoms with Gasteiger partial charge in [0.05, 0.1) is 15.1 Å². The summed E-state index contributed by atoms with van der Waals surface area (Å²) in [7, 11) is -3.71. The zero-order valence-corrected chi connectivity index (χ0v) is 22.3. The quantitative estimate of drug-likeness (QED) is 0.290. The fourth-order valence-corrected chi connectivity index (χ4v) is 6.49. The van der Waals surface area contributed by atoms with E-state index >= 15 is 0 Å². The molecule has 0 N–H and O–H groups in total. The van der Waals surface area contributed by atoms with Crippen molar-refractivity contribution in [1.29, 1.82) is 0 Å². The number of aryl methyl sites for hydroxylation is 2. The zero-order valence-electron chi connectivity index (χ0n) is 20.6. The highest BCUT2D eigenvalue weighted by molar-refractivity contribution is 7.89. The number of amides is 1. The summed E-state index contributed by atoms with van der Waals surface area (Å²) in [5.41, 5.74) is 4.60. The van der Waals surface area contributed by atoms with Gasteiger partial charge in [-0.25, -0.2) is 8.42 Å². The number of fused-ring (bicyclic) bond motifs is 1. The summed E-state index contributed by atoms with van der Waals surface area (Å²) in [6, 6.07) is 19.7. The van der Waals surface area contributed by atoms with E-state index in [0.717, 1.165) is 15.8 Å². The summed E-state index contributed by atoms with van der Waals surface area (Å²) in [5, 5.41) is 0. The number of nitrogens with zero attached hydrogens (tertiary/aromatic N) is 3. The first-order chi connectivity index (χ1) is 17.2. The lowest BCUT2D eigenvalue weighted by Gasteiger charge is -2.20. The smallest absolute Gasteiger partial charge is 0.279 e. The van der Waals surface area contributed by atoms with Crippen LogP contribution >= 0.6 is 11.3 Å². The molecule has 0 saturated carbocycles. The van der Waals surface area contributed by atoms with Crippen molar-refractivity contribution in [2.45, 2.75) is 38.8 Å². The zero-order chi connectivity index (χ0) is 25.9. The highest BCUT2D eigenvalue weighted by atomic mass is 32.2. The van der Waals surface area contributed by atoms with Crippen LogP contribution in [-0.2, 0) is 23.1 Å². The van der Waals surface area contributed by atoms with Crippen molar-refractivity contribution >= 4 is 37.5 Å². The van der Waals surface area contributed by atoms with Crippen LogP contribution < -0.4 is 4.80 Å². The number of carbonyl (C=O) groups is 1. The van der Waals surface area contributed by atoms with E-state index in [2.05, 4.69) is 37.6 Å². The first-order valence-corrected chi connectivity index (χ1v) is 13.9. The van der Waals surface area contributed by atoms with Crippen molar-refractivity contribution in [3.05, 3.63) is 106 Å². The van der Waals surface area contributed by atoms with Gasteiger partial charge in [0.1, 0.15) is 0 Å². The van der Waals surface area contributed by atoms with Gasteiger partial charge in [0.15, 0.2) is 4.80 Å². The van der Waals surface area contributed by atoms with Crippen molar-refractivity contribution in [2.24, 2.45) is 4.99 Å². The number of allylic oxidation sites excluding steroid dienone is 1. The lowest BCUT2D eigenvalue weighted by Crippen LogP contribution is -2.30. The van der Waals surface area contributed by atoms with E-state index in [1.165, 1.54) is 51.0 Å². The van der Waals surface area contributed by atoms with Gasteiger partial charge in [-0.15, -0.1) is 6.58 Å². The predicted molar refractivity (Wildman–Crippen MR) is 146 cm³/mol. The third-order valence-corrected chi connectivity index (χ3v) is 9.08. The number of hydrogen-bond acceptors (Lipinski definition) is 4. The van der Waals surface area contributed by atoms with Gasteiger partial charge in [-0.1, -0.05) is 54.7 Å². The summed E-state index contributed by atoms with van der Waals surface area (Å²) < 4.78 is 30.9. The van der Waals surface area contributed by atoms with Gasteiger partial charge in [0, 0.05) is 25.2 Å². The second-order valence-corrected chi connectivity index (χ2v) is 11.5. The van der Waals surface area contributed by atoms with E-state index in [0.29, 0.717) is 23.5 Å². The molecule has 8 heteroatoms. The Morgan fingerprint density at radius 1 is 1.06 bits per heavy atom. The van der Waals surface area contributed by atoms with E-state index in [9.17, 15) is 13.2 Å². The van der Waals surface area contributed by atoms with Crippen LogP contribution in [0.4, 0.5) is 0 Å². The Morgan fingerprint density at radius 3 is 2.36 bits per heavy atom. The van der Waals surface area contributed by atoms with E-state index in [1.807, 2.05) is 41.8 Å². The van der Waals surface area contributed by atoms with Crippen molar-refractivity contribution in [1.82, 2.24) is 8.87 Å². The number of carbonyl (C=O) groups excluding carboxylic acids is 1. The van der Waals surface area contributed by atoms with Gasteiger partial charge in [-0.05, 0) is 66.9 Å². The minimum atomic E-state index is -3.71. The fourth-order valence-electron chi connectivity index (χ4n) is 3.94. The summed E-state index contributed by atoms with van der Waals surface area (Å²) in [5.74, 6) is -0.423. The Hall–Kier alpha value is -3.33. The predicted octanol–water partition coefficient (Wildman–Crippen LogP) is 5.46. The molecule has 3 aromatic carbocycles. The molecular formula is C28H29N3O3S2. The van der Waals surface area contributed by atoms with Gasteiger partial charge in [0.2, 0.25) is 10.0 Å². The average Bonchev–Trinajstić information content (AvgIpc) is 3.19. The summed E-state index contributed by atoms with van der Waals surface area (Å²) in [4.78, 5) is 18.1. The highest BCUT2D eigenvalue weighted by Gasteiger charge is 2.23. The van der Waals surface area contributed by atoms with Crippen LogP contribution in [0.2, 0.25) is 0 Å². The fraction of sp³-hybridized carbons (Fsp3) is 0.214. The molecule has 0 aliphatic rings. The van der Waals surface area contributed by atoms with Crippen molar-refractivity contribution in [2.75, 3.05) is 6.54 Å². The molecule has 0 aliphatic heterocycles. The lowest BCUT2D eigenvalue weighted by atomic mass is 10.1. The molecule has 0 aliphatic carbocycles. The molecule has 0 bridgehead atoms. The van der Waals surface area contributed by atoms with Crippen LogP contribution in [0.5, 0.6) is 0 Å². The van der Waals surface area contributed by atoms with Crippen LogP contribution in [-0.4, -0.2) is 29.7 Å². The van der Waals surface area contributed by atoms with Crippen molar-refractivity contribution in [3.8, 4) is 0 Å². The molecule has 0 saturated heterocycles. The second kappa shape index (κ2) is 10.7. The summed E-state index contributed by atoms with van der Waals surface area (Å²) in [6.07, 6.45) is 1.78. The monoisotopic (exact) mass is 519 g/mol. The Morgan fingerprint density at radius 2 is 1.72 bits per heavy atom. The Balaban J connectivity index is 1.64. The lowest BCUT2D eigenvalue weighted by molar-refractivity contribution is 0.0997. The number of rotatable bonds is 8. The molecule has 0 spiro atoms. The molecule has 0 fully saturated rings. The second-order valence-electron chi connectivity index (χ2n) is 8.55. The molecule has 4 rings (SSSR count). The minimum absolute atomic E-state index is 0.145. The van der Waals surface area contributed by atoms with E-state index in [-0.39, 0.29) is 11.4 Å². The maximum atomic E-state index is 13.2. The van der Waals surface area contributed by atoms with Gasteiger partial charge < -0.3 is 4.57 Å². The minimum Gasteiger partial charge on any atom is -0.312 e. The van der Waals surface area contributed by atoms with Gasteiger partial charge in [0.25, 0.3) is 5.91 Å². The molecular weight excluding hydrogens is 490 g/mol. The first kappa shape index (κ1) is 25.8. The normalized spacial score (nSPS) is 12.4. The first-order valence-electron chi connectivity index (χ1n) is 11.7. The SMILES string of the molecule is C=CCn1c(=NC(=O)c2ccc(S(=O)(=O)N(CC)Cc3ccccc3)cc2)sc2cc(C)c(C)cc21. The van der Waals surface area contributed by atoms with Crippen molar-refractivity contribution < 1.29 is 13.2 Å². The Bertz CT molecular complexity index is 1580. The standard InChI is InChI=1S/C28H29N3O3S2/c1-5-16-31-25-17-20(3)21(4)18-26(25)35-28(31)29-27(32)23-12-14-24(15-13-23)36(33,34)30(6-2)19-22-10-8-7-9-11-22/h5,7-15,17-18H,1,6,16,19H2,2-4H3. The number of thiazole rings is 1. The summed E-state index contributed by atoms with van der Waals surface area (Å²) in [6.45, 7) is 10.9. The van der Waals surface area contributed by atoms with E-state index < -0.39 is 15.9 Å². The number of benzene rings is 3. The molecule has 1 heterocycles. The van der Waals surface area contributed by atoms with Crippen LogP contribution in [0.25, 0.3) is 10.2 Å². The van der Waals surface area contributed by atoms with Crippen LogP contribution in [0.15, 0.2) is 89.3 Å². The van der Waals surface area contributed by atoms with E-state index in [4.69, 9.17) is 0 Å². The molecule has 1 aromatic heterocycles. The molecule has 0 atom stereocenters. The molecule has 36 heavy (non-hydrogen) atoms. The van der Waals surface area contributed by atoms with Gasteiger partial charge >= 0.3 is 0 Å². The third kappa shape index (κ3) is 5.26. The topological polar surface area (TPSA) is 71.7 Å². The molecule has 0 unspecified atom stereocenters. The summed E-state index contributed by atoms with van der Waals surface area (Å²) >= 11 is 1.45. The Labute approximate surface area is 215 Å². The van der Waals surface area contributed by atoms with Crippen LogP contribution in [0.1, 0.15) is 34.0 Å². The van der Waals surface area contributed by atoms with Gasteiger partial charge in [-0.3, -0.25) is 4.79 Å².